The van der Waals surface area contributed by atoms with Crippen LogP contribution in [0.5, 0.6) is 5.75 Å². The number of hydrogen-bond acceptors (Lipinski definition) is 5. The second-order valence-electron chi connectivity index (χ2n) is 8.69. The molecule has 0 saturated carbocycles. The van der Waals surface area contributed by atoms with Crippen LogP contribution in [0.2, 0.25) is 0 Å². The molecule has 0 bridgehead atoms. The molecule has 7 nitrogen and oxygen atoms in total. The molecule has 2 aromatic carbocycles. The van der Waals surface area contributed by atoms with Gasteiger partial charge < -0.3 is 19.9 Å². The number of carbonyl (C=O) groups is 1. The Morgan fingerprint density at radius 1 is 1.14 bits per heavy atom. The van der Waals surface area contributed by atoms with Gasteiger partial charge in [0, 0.05) is 30.8 Å². The molecule has 1 saturated heterocycles. The zero-order valence-corrected chi connectivity index (χ0v) is 19.6. The third-order valence-electron chi connectivity index (χ3n) is 6.01. The van der Waals surface area contributed by atoms with Crippen molar-refractivity contribution in [3.05, 3.63) is 69.3 Å². The third kappa shape index (κ3) is 5.71. The third-order valence-corrected chi connectivity index (χ3v) is 6.01. The van der Waals surface area contributed by atoms with Crippen LogP contribution in [0.4, 0.5) is 26.3 Å². The van der Waals surface area contributed by atoms with Gasteiger partial charge in [-0.15, -0.1) is 0 Å². The van der Waals surface area contributed by atoms with E-state index in [4.69, 9.17) is 4.74 Å². The Hall–Kier alpha value is -3.61. The summed E-state index contributed by atoms with van der Waals surface area (Å²) < 4.78 is 86.1. The van der Waals surface area contributed by atoms with Crippen LogP contribution >= 0.6 is 0 Å². The number of piperazine rings is 1. The summed E-state index contributed by atoms with van der Waals surface area (Å²) in [4.78, 5) is 32.5. The van der Waals surface area contributed by atoms with Crippen molar-refractivity contribution in [2.45, 2.75) is 38.3 Å². The highest BCUT2D eigenvalue weighted by atomic mass is 19.4. The largest absolute Gasteiger partial charge is 0.486 e. The number of nitrogens with one attached hydrogen (secondary N) is 2. The zero-order chi connectivity index (χ0) is 27.1. The highest BCUT2D eigenvalue weighted by Gasteiger charge is 2.43. The summed E-state index contributed by atoms with van der Waals surface area (Å²) in [6.45, 7) is 2.38. The molecule has 0 radical (unpaired) electrons. The number of alkyl halides is 6. The van der Waals surface area contributed by atoms with Crippen LogP contribution in [0.1, 0.15) is 40.3 Å². The standard InChI is InChI=1S/C24H22F6N4O3/c1-12(16-9-17-19(10-18(16)23(25,26)27)32-13(2)33-21(17)35)37-15-5-3-14(4-6-15)22(36)34-8-7-31-20(11-34)24(28,29)30/h3-6,9-10,12,20,31H,7-8,11H2,1-2H3,(H,32,33,35). The normalized spacial score (nSPS) is 17.6. The number of hydrogen-bond donors (Lipinski definition) is 2. The minimum absolute atomic E-state index is 0.0140. The van der Waals surface area contributed by atoms with Crippen molar-refractivity contribution in [1.82, 2.24) is 20.2 Å². The number of halogens is 6. The summed E-state index contributed by atoms with van der Waals surface area (Å²) in [6.07, 6.45) is -10.4. The van der Waals surface area contributed by atoms with Gasteiger partial charge in [0.15, 0.2) is 0 Å². The van der Waals surface area contributed by atoms with Gasteiger partial charge in [-0.3, -0.25) is 9.59 Å². The Morgan fingerprint density at radius 2 is 1.81 bits per heavy atom. The predicted octanol–water partition coefficient (Wildman–Crippen LogP) is 4.37. The van der Waals surface area contributed by atoms with Gasteiger partial charge in [-0.1, -0.05) is 0 Å². The lowest BCUT2D eigenvalue weighted by Crippen LogP contribution is -2.58. The van der Waals surface area contributed by atoms with E-state index < -0.39 is 48.1 Å². The number of aromatic amines is 1. The number of rotatable bonds is 4. The van der Waals surface area contributed by atoms with Gasteiger partial charge in [0.05, 0.1) is 16.5 Å². The fourth-order valence-corrected chi connectivity index (χ4v) is 4.18. The highest BCUT2D eigenvalue weighted by Crippen LogP contribution is 2.37. The molecule has 4 rings (SSSR count). The molecule has 2 N–H and O–H groups in total. The smallest absolute Gasteiger partial charge is 0.416 e. The fraction of sp³-hybridized carbons (Fsp3) is 0.375. The van der Waals surface area contributed by atoms with E-state index >= 15 is 0 Å². The number of H-pyrrole nitrogens is 1. The molecule has 1 fully saturated rings. The lowest BCUT2D eigenvalue weighted by atomic mass is 9.99. The molecule has 1 aromatic heterocycles. The first-order chi connectivity index (χ1) is 17.2. The molecule has 2 heterocycles. The average molecular weight is 528 g/mol. The fourth-order valence-electron chi connectivity index (χ4n) is 4.18. The maximum atomic E-state index is 13.8. The number of aryl methyl sites for hydroxylation is 1. The number of fused-ring (bicyclic) bond motifs is 1. The number of nitrogens with zero attached hydrogens (tertiary/aromatic N) is 2. The summed E-state index contributed by atoms with van der Waals surface area (Å²) in [6, 6.07) is 5.42. The summed E-state index contributed by atoms with van der Waals surface area (Å²) in [5.41, 5.74) is -1.87. The molecule has 13 heteroatoms. The number of carbonyl (C=O) groups excluding carboxylic acids is 1. The van der Waals surface area contributed by atoms with E-state index in [0.717, 1.165) is 17.0 Å². The quantitative estimate of drug-likeness (QED) is 0.492. The van der Waals surface area contributed by atoms with Gasteiger partial charge in [-0.2, -0.15) is 26.3 Å². The van der Waals surface area contributed by atoms with Crippen LogP contribution in [0.3, 0.4) is 0 Å². The second-order valence-corrected chi connectivity index (χ2v) is 8.69. The molecule has 2 atom stereocenters. The number of ether oxygens (including phenoxy) is 1. The van der Waals surface area contributed by atoms with Crippen molar-refractivity contribution in [2.75, 3.05) is 19.6 Å². The van der Waals surface area contributed by atoms with Crippen LogP contribution in [0.25, 0.3) is 10.9 Å². The summed E-state index contributed by atoms with van der Waals surface area (Å²) >= 11 is 0. The van der Waals surface area contributed by atoms with Crippen molar-refractivity contribution < 1.29 is 35.9 Å². The topological polar surface area (TPSA) is 87.3 Å². The Morgan fingerprint density at radius 3 is 2.43 bits per heavy atom. The Balaban J connectivity index is 1.56. The molecule has 37 heavy (non-hydrogen) atoms. The van der Waals surface area contributed by atoms with Crippen molar-refractivity contribution >= 4 is 16.8 Å². The summed E-state index contributed by atoms with van der Waals surface area (Å²) in [7, 11) is 0. The minimum atomic E-state index is -4.74. The van der Waals surface area contributed by atoms with Gasteiger partial charge in [0.25, 0.3) is 11.5 Å². The van der Waals surface area contributed by atoms with Crippen molar-refractivity contribution in [1.29, 1.82) is 0 Å². The number of amides is 1. The van der Waals surface area contributed by atoms with E-state index in [2.05, 4.69) is 15.3 Å². The van der Waals surface area contributed by atoms with Gasteiger partial charge in [0.2, 0.25) is 0 Å². The van der Waals surface area contributed by atoms with Crippen molar-refractivity contribution in [2.24, 2.45) is 0 Å². The predicted molar refractivity (Wildman–Crippen MR) is 121 cm³/mol. The molecule has 1 aliphatic rings. The van der Waals surface area contributed by atoms with Gasteiger partial charge in [-0.05, 0) is 50.2 Å². The first kappa shape index (κ1) is 26.5. The van der Waals surface area contributed by atoms with Gasteiger partial charge >= 0.3 is 12.4 Å². The van der Waals surface area contributed by atoms with Crippen LogP contribution in [0, 0.1) is 6.92 Å². The lowest BCUT2D eigenvalue weighted by Gasteiger charge is -2.34. The Labute approximate surface area is 206 Å². The van der Waals surface area contributed by atoms with E-state index in [1.54, 1.807) is 0 Å². The minimum Gasteiger partial charge on any atom is -0.486 e. The maximum absolute atomic E-state index is 13.8. The van der Waals surface area contributed by atoms with Gasteiger partial charge in [-0.25, -0.2) is 4.98 Å². The van der Waals surface area contributed by atoms with Crippen LogP contribution < -0.4 is 15.6 Å². The lowest BCUT2D eigenvalue weighted by molar-refractivity contribution is -0.162. The molecule has 198 valence electrons. The molecule has 0 spiro atoms. The molecule has 3 aromatic rings. The Bertz CT molecular complexity index is 1370. The van der Waals surface area contributed by atoms with E-state index in [1.807, 2.05) is 0 Å². The average Bonchev–Trinajstić information content (AvgIpc) is 2.82. The Kier molecular flexibility index (Phi) is 6.93. The molecule has 2 unspecified atom stereocenters. The highest BCUT2D eigenvalue weighted by molar-refractivity contribution is 5.94. The monoisotopic (exact) mass is 528 g/mol. The summed E-state index contributed by atoms with van der Waals surface area (Å²) in [5.74, 6) is -0.306. The molecular formula is C24H22F6N4O3. The maximum Gasteiger partial charge on any atom is 0.416 e. The SMILES string of the molecule is Cc1nc2cc(C(F)(F)F)c(C(C)Oc3ccc(C(=O)N4CCNC(C(F)(F)F)C4)cc3)cc2c(=O)[nH]1. The van der Waals surface area contributed by atoms with E-state index in [9.17, 15) is 35.9 Å². The zero-order valence-electron chi connectivity index (χ0n) is 19.6. The number of aromatic nitrogens is 2. The molecule has 0 aliphatic carbocycles. The van der Waals surface area contributed by atoms with Crippen LogP contribution in [0.15, 0.2) is 41.2 Å². The van der Waals surface area contributed by atoms with E-state index in [1.165, 1.54) is 38.1 Å². The van der Waals surface area contributed by atoms with Crippen molar-refractivity contribution in [3.8, 4) is 5.75 Å². The molecular weight excluding hydrogens is 506 g/mol. The van der Waals surface area contributed by atoms with Crippen LogP contribution in [-0.2, 0) is 6.18 Å². The molecule has 1 aliphatic heterocycles. The van der Waals surface area contributed by atoms with Crippen LogP contribution in [-0.4, -0.2) is 52.6 Å². The molecule has 1 amide bonds. The summed E-state index contributed by atoms with van der Waals surface area (Å²) in [5, 5.41) is 2.30. The first-order valence-electron chi connectivity index (χ1n) is 11.2. The number of benzene rings is 2. The second kappa shape index (κ2) is 9.69. The van der Waals surface area contributed by atoms with E-state index in [0.29, 0.717) is 0 Å². The van der Waals surface area contributed by atoms with Gasteiger partial charge in [0.1, 0.15) is 23.7 Å². The van der Waals surface area contributed by atoms with E-state index in [-0.39, 0.29) is 46.7 Å². The van der Waals surface area contributed by atoms with Crippen molar-refractivity contribution in [3.63, 3.8) is 0 Å². The first-order valence-corrected chi connectivity index (χ1v) is 11.2.